The zero-order chi connectivity index (χ0) is 15.7. The third-order valence-corrected chi connectivity index (χ3v) is 4.69. The predicted octanol–water partition coefficient (Wildman–Crippen LogP) is 4.26. The summed E-state index contributed by atoms with van der Waals surface area (Å²) in [7, 11) is 0. The number of benzene rings is 1. The van der Waals surface area contributed by atoms with Gasteiger partial charge in [-0.1, -0.05) is 24.5 Å². The van der Waals surface area contributed by atoms with Crippen molar-refractivity contribution in [3.63, 3.8) is 0 Å². The van der Waals surface area contributed by atoms with E-state index in [0.29, 0.717) is 6.04 Å². The van der Waals surface area contributed by atoms with Crippen LogP contribution >= 0.6 is 0 Å². The summed E-state index contributed by atoms with van der Waals surface area (Å²) < 4.78 is 0. The number of pyridine rings is 1. The number of aromatic nitrogens is 1. The first-order valence-electron chi connectivity index (χ1n) is 8.29. The molecule has 1 aromatic carbocycles. The Morgan fingerprint density at radius 3 is 2.64 bits per heavy atom. The maximum atomic E-state index is 13.1. The van der Waals surface area contributed by atoms with Gasteiger partial charge in [0.25, 0.3) is 5.91 Å². The van der Waals surface area contributed by atoms with Crippen LogP contribution in [0.2, 0.25) is 0 Å². The molecule has 1 heterocycles. The average molecular weight is 296 g/mol. The number of aryl methyl sites for hydroxylation is 2. The second-order valence-electron chi connectivity index (χ2n) is 6.36. The lowest BCUT2D eigenvalue weighted by molar-refractivity contribution is 0.0695. The lowest BCUT2D eigenvalue weighted by atomic mass is 10.0. The molecule has 3 heteroatoms. The molecular formula is C19H24N2O. The maximum absolute atomic E-state index is 13.1. The van der Waals surface area contributed by atoms with Crippen LogP contribution in [0.4, 0.5) is 0 Å². The Morgan fingerprint density at radius 2 is 1.95 bits per heavy atom. The smallest absolute Gasteiger partial charge is 0.254 e. The van der Waals surface area contributed by atoms with Crippen LogP contribution in [-0.2, 0) is 0 Å². The zero-order valence-corrected chi connectivity index (χ0v) is 13.7. The van der Waals surface area contributed by atoms with E-state index in [-0.39, 0.29) is 5.91 Å². The van der Waals surface area contributed by atoms with Crippen LogP contribution in [0, 0.1) is 13.8 Å². The number of hydrogen-bond acceptors (Lipinski definition) is 2. The van der Waals surface area contributed by atoms with Crippen molar-refractivity contribution in [1.82, 2.24) is 9.88 Å². The molecule has 3 nitrogen and oxygen atoms in total. The standard InChI is InChI=1S/C19H24N2O/c1-4-21(15-7-5-6-8-15)19(22)17-12-14(3)20-18-10-9-13(2)11-16(17)18/h9-12,15H,4-8H2,1-3H3. The van der Waals surface area contributed by atoms with Crippen LogP contribution in [0.1, 0.15) is 54.2 Å². The van der Waals surface area contributed by atoms with E-state index in [0.717, 1.165) is 47.1 Å². The van der Waals surface area contributed by atoms with Crippen LogP contribution in [-0.4, -0.2) is 28.4 Å². The molecule has 0 unspecified atom stereocenters. The molecular weight excluding hydrogens is 272 g/mol. The summed E-state index contributed by atoms with van der Waals surface area (Å²) in [6.07, 6.45) is 4.76. The van der Waals surface area contributed by atoms with Crippen LogP contribution in [0.3, 0.4) is 0 Å². The summed E-state index contributed by atoms with van der Waals surface area (Å²) in [6.45, 7) is 6.87. The third-order valence-electron chi connectivity index (χ3n) is 4.69. The van der Waals surface area contributed by atoms with E-state index >= 15 is 0 Å². The van der Waals surface area contributed by atoms with Gasteiger partial charge >= 0.3 is 0 Å². The highest BCUT2D eigenvalue weighted by molar-refractivity contribution is 6.06. The van der Waals surface area contributed by atoms with Gasteiger partial charge in [-0.3, -0.25) is 9.78 Å². The Kier molecular flexibility index (Phi) is 4.14. The van der Waals surface area contributed by atoms with Gasteiger partial charge in [0.1, 0.15) is 0 Å². The molecule has 0 atom stereocenters. The fraction of sp³-hybridized carbons (Fsp3) is 0.474. The molecule has 0 N–H and O–H groups in total. The third kappa shape index (κ3) is 2.72. The van der Waals surface area contributed by atoms with Gasteiger partial charge in [-0.25, -0.2) is 0 Å². The Bertz CT molecular complexity index is 702. The van der Waals surface area contributed by atoms with Gasteiger partial charge in [0.15, 0.2) is 0 Å². The highest BCUT2D eigenvalue weighted by Gasteiger charge is 2.27. The Labute approximate surface area is 132 Å². The summed E-state index contributed by atoms with van der Waals surface area (Å²) in [4.78, 5) is 19.8. The lowest BCUT2D eigenvalue weighted by Gasteiger charge is -2.28. The Morgan fingerprint density at radius 1 is 1.23 bits per heavy atom. The first-order chi connectivity index (χ1) is 10.6. The van der Waals surface area contributed by atoms with Crippen LogP contribution in [0.15, 0.2) is 24.3 Å². The molecule has 1 aromatic heterocycles. The molecule has 2 aromatic rings. The largest absolute Gasteiger partial charge is 0.336 e. The lowest BCUT2D eigenvalue weighted by Crippen LogP contribution is -2.38. The summed E-state index contributed by atoms with van der Waals surface area (Å²) in [5.41, 5.74) is 3.79. The van der Waals surface area contributed by atoms with Gasteiger partial charge in [0, 0.05) is 23.7 Å². The highest BCUT2D eigenvalue weighted by atomic mass is 16.2. The Balaban J connectivity index is 2.07. The molecule has 1 fully saturated rings. The topological polar surface area (TPSA) is 33.2 Å². The van der Waals surface area contributed by atoms with Gasteiger partial charge in [-0.15, -0.1) is 0 Å². The van der Waals surface area contributed by atoms with Gasteiger partial charge in [0.05, 0.1) is 11.1 Å². The first kappa shape index (κ1) is 15.0. The van der Waals surface area contributed by atoms with Crippen molar-refractivity contribution >= 4 is 16.8 Å². The molecule has 1 aliphatic rings. The average Bonchev–Trinajstić information content (AvgIpc) is 3.01. The minimum absolute atomic E-state index is 0.163. The summed E-state index contributed by atoms with van der Waals surface area (Å²) in [5, 5.41) is 0.979. The molecule has 0 spiro atoms. The predicted molar refractivity (Wildman–Crippen MR) is 90.2 cm³/mol. The van der Waals surface area contributed by atoms with Gasteiger partial charge in [-0.2, -0.15) is 0 Å². The SMILES string of the molecule is CCN(C(=O)c1cc(C)nc2ccc(C)cc12)C1CCCC1. The van der Waals surface area contributed by atoms with E-state index in [1.165, 1.54) is 12.8 Å². The van der Waals surface area contributed by atoms with Crippen LogP contribution in [0.5, 0.6) is 0 Å². The number of fused-ring (bicyclic) bond motifs is 1. The monoisotopic (exact) mass is 296 g/mol. The van der Waals surface area contributed by atoms with Crippen molar-refractivity contribution in [1.29, 1.82) is 0 Å². The number of nitrogens with zero attached hydrogens (tertiary/aromatic N) is 2. The van der Waals surface area contributed by atoms with E-state index in [1.807, 2.05) is 19.1 Å². The summed E-state index contributed by atoms with van der Waals surface area (Å²) >= 11 is 0. The molecule has 116 valence electrons. The fourth-order valence-electron chi connectivity index (χ4n) is 3.59. The normalized spacial score (nSPS) is 15.4. The second-order valence-corrected chi connectivity index (χ2v) is 6.36. The molecule has 1 saturated carbocycles. The van der Waals surface area contributed by atoms with E-state index in [9.17, 15) is 4.79 Å². The first-order valence-corrected chi connectivity index (χ1v) is 8.29. The summed E-state index contributed by atoms with van der Waals surface area (Å²) in [5.74, 6) is 0.163. The van der Waals surface area contributed by atoms with Crippen molar-refractivity contribution in [2.45, 2.75) is 52.5 Å². The van der Waals surface area contributed by atoms with E-state index < -0.39 is 0 Å². The summed E-state index contributed by atoms with van der Waals surface area (Å²) in [6, 6.07) is 8.50. The molecule has 0 radical (unpaired) electrons. The van der Waals surface area contributed by atoms with Gasteiger partial charge < -0.3 is 4.90 Å². The van der Waals surface area contributed by atoms with Gasteiger partial charge in [0.2, 0.25) is 0 Å². The zero-order valence-electron chi connectivity index (χ0n) is 13.7. The van der Waals surface area contributed by atoms with Crippen molar-refractivity contribution in [3.05, 3.63) is 41.1 Å². The van der Waals surface area contributed by atoms with Crippen LogP contribution < -0.4 is 0 Å². The highest BCUT2D eigenvalue weighted by Crippen LogP contribution is 2.27. The van der Waals surface area contributed by atoms with Crippen molar-refractivity contribution < 1.29 is 4.79 Å². The minimum atomic E-state index is 0.163. The fourth-order valence-corrected chi connectivity index (χ4v) is 3.59. The molecule has 22 heavy (non-hydrogen) atoms. The minimum Gasteiger partial charge on any atom is -0.336 e. The van der Waals surface area contributed by atoms with E-state index in [4.69, 9.17) is 0 Å². The van der Waals surface area contributed by atoms with Gasteiger partial charge in [-0.05, 0) is 51.8 Å². The number of carbonyl (C=O) groups is 1. The van der Waals surface area contributed by atoms with Crippen molar-refractivity contribution in [2.24, 2.45) is 0 Å². The number of amides is 1. The van der Waals surface area contributed by atoms with E-state index in [2.05, 4.69) is 35.9 Å². The number of rotatable bonds is 3. The Hall–Kier alpha value is -1.90. The van der Waals surface area contributed by atoms with Crippen molar-refractivity contribution in [3.8, 4) is 0 Å². The van der Waals surface area contributed by atoms with Crippen LogP contribution in [0.25, 0.3) is 10.9 Å². The maximum Gasteiger partial charge on any atom is 0.254 e. The van der Waals surface area contributed by atoms with E-state index in [1.54, 1.807) is 0 Å². The molecule has 0 saturated heterocycles. The molecule has 0 aliphatic heterocycles. The molecule has 1 amide bonds. The second kappa shape index (κ2) is 6.07. The number of hydrogen-bond donors (Lipinski definition) is 0. The molecule has 0 bridgehead atoms. The van der Waals surface area contributed by atoms with Crippen molar-refractivity contribution in [2.75, 3.05) is 6.54 Å². The molecule has 1 aliphatic carbocycles. The number of carbonyl (C=O) groups excluding carboxylic acids is 1. The molecule has 3 rings (SSSR count). The quantitative estimate of drug-likeness (QED) is 0.848.